The van der Waals surface area contributed by atoms with Crippen molar-refractivity contribution in [2.45, 2.75) is 65.1 Å². The molecule has 5 nitrogen and oxygen atoms in total. The molecule has 2 aliphatic heterocycles. The van der Waals surface area contributed by atoms with Crippen LogP contribution in [0.5, 0.6) is 0 Å². The highest BCUT2D eigenvalue weighted by Gasteiger charge is 2.31. The van der Waals surface area contributed by atoms with E-state index in [4.69, 9.17) is 0 Å². The first-order valence-electron chi connectivity index (χ1n) is 8.69. The summed E-state index contributed by atoms with van der Waals surface area (Å²) in [6.07, 6.45) is 8.44. The van der Waals surface area contributed by atoms with Crippen LogP contribution in [-0.2, 0) is 16.4 Å². The zero-order chi connectivity index (χ0) is 16.7. The van der Waals surface area contributed by atoms with Crippen molar-refractivity contribution < 1.29 is 8.42 Å². The van der Waals surface area contributed by atoms with Gasteiger partial charge in [0.2, 0.25) is 0 Å². The molecule has 0 bridgehead atoms. The van der Waals surface area contributed by atoms with Crippen LogP contribution in [0, 0.1) is 5.41 Å². The molecule has 6 heteroatoms. The molecule has 2 unspecified atom stereocenters. The lowest BCUT2D eigenvalue weighted by Gasteiger charge is -2.30. The van der Waals surface area contributed by atoms with E-state index in [1.165, 1.54) is 24.8 Å². The minimum Gasteiger partial charge on any atom is -0.296 e. The van der Waals surface area contributed by atoms with Crippen LogP contribution < -0.4 is 0 Å². The summed E-state index contributed by atoms with van der Waals surface area (Å²) in [5.41, 5.74) is 1.56. The average Bonchev–Trinajstić information content (AvgIpc) is 3.10. The Balaban J connectivity index is 1.63. The molecule has 2 fully saturated rings. The van der Waals surface area contributed by atoms with Crippen molar-refractivity contribution in [2.24, 2.45) is 5.41 Å². The van der Waals surface area contributed by atoms with Gasteiger partial charge >= 0.3 is 0 Å². The Labute approximate surface area is 140 Å². The second kappa shape index (κ2) is 6.20. The predicted octanol–water partition coefficient (Wildman–Crippen LogP) is 2.64. The van der Waals surface area contributed by atoms with Crippen LogP contribution >= 0.6 is 0 Å². The summed E-state index contributed by atoms with van der Waals surface area (Å²) in [5, 5.41) is 4.43. The van der Waals surface area contributed by atoms with E-state index in [1.54, 1.807) is 0 Å². The predicted molar refractivity (Wildman–Crippen MR) is 92.0 cm³/mol. The highest BCUT2D eigenvalue weighted by Crippen LogP contribution is 2.31. The first-order valence-corrected chi connectivity index (χ1v) is 10.5. The van der Waals surface area contributed by atoms with Gasteiger partial charge in [0.1, 0.15) is 0 Å². The zero-order valence-corrected chi connectivity index (χ0v) is 15.3. The fourth-order valence-corrected chi connectivity index (χ4v) is 5.62. The van der Waals surface area contributed by atoms with Gasteiger partial charge in [-0.2, -0.15) is 5.10 Å². The quantitative estimate of drug-likeness (QED) is 0.846. The third kappa shape index (κ3) is 4.35. The van der Waals surface area contributed by atoms with E-state index in [2.05, 4.69) is 37.0 Å². The van der Waals surface area contributed by atoms with Crippen LogP contribution in [-0.4, -0.2) is 47.2 Å². The lowest BCUT2D eigenvalue weighted by Crippen LogP contribution is -2.32. The molecular weight excluding hydrogens is 310 g/mol. The molecule has 0 N–H and O–H groups in total. The zero-order valence-electron chi connectivity index (χ0n) is 14.5. The van der Waals surface area contributed by atoms with Crippen LogP contribution in [0.2, 0.25) is 0 Å². The highest BCUT2D eigenvalue weighted by atomic mass is 32.2. The highest BCUT2D eigenvalue weighted by molar-refractivity contribution is 7.91. The third-order valence-corrected chi connectivity index (χ3v) is 6.72. The van der Waals surface area contributed by atoms with Gasteiger partial charge in [0.15, 0.2) is 9.84 Å². The maximum Gasteiger partial charge on any atom is 0.152 e. The van der Waals surface area contributed by atoms with E-state index >= 15 is 0 Å². The van der Waals surface area contributed by atoms with E-state index in [-0.39, 0.29) is 11.8 Å². The Hall–Kier alpha value is -0.880. The molecule has 2 saturated heterocycles. The van der Waals surface area contributed by atoms with Crippen molar-refractivity contribution in [3.63, 3.8) is 0 Å². The standard InChI is InChI=1S/C17H29N3O2S/c1-17(2,3)9-15-5-4-7-19(15)11-14-10-18-20(12-14)16-6-8-23(21,22)13-16/h10,12,15-16H,4-9,11,13H2,1-3H3. The van der Waals surface area contributed by atoms with Crippen molar-refractivity contribution in [2.75, 3.05) is 18.1 Å². The van der Waals surface area contributed by atoms with Crippen LogP contribution in [0.15, 0.2) is 12.4 Å². The topological polar surface area (TPSA) is 55.2 Å². The second-order valence-corrected chi connectivity index (χ2v) is 10.6. The molecular formula is C17H29N3O2S. The molecule has 3 rings (SSSR count). The number of hydrogen-bond donors (Lipinski definition) is 0. The van der Waals surface area contributed by atoms with Gasteiger partial charge in [-0.1, -0.05) is 20.8 Å². The maximum absolute atomic E-state index is 11.6. The van der Waals surface area contributed by atoms with Gasteiger partial charge in [-0.3, -0.25) is 9.58 Å². The number of aromatic nitrogens is 2. The van der Waals surface area contributed by atoms with Gasteiger partial charge in [0.05, 0.1) is 23.7 Å². The molecule has 1 aromatic rings. The summed E-state index contributed by atoms with van der Waals surface area (Å²) in [6.45, 7) is 9.01. The van der Waals surface area contributed by atoms with Crippen molar-refractivity contribution in [1.29, 1.82) is 0 Å². The fourth-order valence-electron chi connectivity index (χ4n) is 3.92. The Bertz CT molecular complexity index is 645. The first kappa shape index (κ1) is 17.0. The Morgan fingerprint density at radius 2 is 2.09 bits per heavy atom. The molecule has 0 saturated carbocycles. The first-order chi connectivity index (χ1) is 10.7. The average molecular weight is 340 g/mol. The number of hydrogen-bond acceptors (Lipinski definition) is 4. The van der Waals surface area contributed by atoms with Gasteiger partial charge in [0, 0.05) is 24.3 Å². The normalized spacial score (nSPS) is 28.5. The molecule has 0 aliphatic carbocycles. The smallest absolute Gasteiger partial charge is 0.152 e. The number of nitrogens with zero attached hydrogens (tertiary/aromatic N) is 3. The van der Waals surface area contributed by atoms with Gasteiger partial charge in [-0.15, -0.1) is 0 Å². The van der Waals surface area contributed by atoms with Crippen molar-refractivity contribution in [3.8, 4) is 0 Å². The van der Waals surface area contributed by atoms with Gasteiger partial charge < -0.3 is 0 Å². The van der Waals surface area contributed by atoms with Crippen LogP contribution in [0.3, 0.4) is 0 Å². The van der Waals surface area contributed by atoms with Gasteiger partial charge in [0.25, 0.3) is 0 Å². The van der Waals surface area contributed by atoms with Crippen molar-refractivity contribution >= 4 is 9.84 Å². The molecule has 130 valence electrons. The summed E-state index contributed by atoms with van der Waals surface area (Å²) in [4.78, 5) is 2.57. The second-order valence-electron chi connectivity index (χ2n) is 8.42. The molecule has 1 aromatic heterocycles. The van der Waals surface area contributed by atoms with Crippen molar-refractivity contribution in [3.05, 3.63) is 18.0 Å². The van der Waals surface area contributed by atoms with E-state index in [1.807, 2.05) is 10.9 Å². The summed E-state index contributed by atoms with van der Waals surface area (Å²) in [7, 11) is -2.86. The molecule has 3 heterocycles. The summed E-state index contributed by atoms with van der Waals surface area (Å²) in [5.74, 6) is 0.539. The van der Waals surface area contributed by atoms with Crippen LogP contribution in [0.4, 0.5) is 0 Å². The summed E-state index contributed by atoms with van der Waals surface area (Å²) < 4.78 is 25.1. The minimum absolute atomic E-state index is 0.0256. The fraction of sp³-hybridized carbons (Fsp3) is 0.824. The van der Waals surface area contributed by atoms with E-state index in [0.717, 1.165) is 13.1 Å². The van der Waals surface area contributed by atoms with Crippen molar-refractivity contribution in [1.82, 2.24) is 14.7 Å². The van der Waals surface area contributed by atoms with Gasteiger partial charge in [-0.05, 0) is 37.6 Å². The summed E-state index contributed by atoms with van der Waals surface area (Å²) in [6, 6.07) is 0.683. The Kier molecular flexibility index (Phi) is 4.58. The van der Waals surface area contributed by atoms with E-state index in [9.17, 15) is 8.42 Å². The number of rotatable bonds is 4. The number of sulfone groups is 1. The van der Waals surface area contributed by atoms with Gasteiger partial charge in [-0.25, -0.2) is 8.42 Å². The maximum atomic E-state index is 11.6. The molecule has 0 amide bonds. The lowest BCUT2D eigenvalue weighted by atomic mass is 9.87. The largest absolute Gasteiger partial charge is 0.296 e. The molecule has 0 spiro atoms. The number of likely N-dealkylation sites (tertiary alicyclic amines) is 1. The van der Waals surface area contributed by atoms with Crippen LogP contribution in [0.1, 0.15) is 58.1 Å². The lowest BCUT2D eigenvalue weighted by molar-refractivity contribution is 0.185. The molecule has 0 radical (unpaired) electrons. The Morgan fingerprint density at radius 1 is 1.30 bits per heavy atom. The third-order valence-electron chi connectivity index (χ3n) is 4.97. The van der Waals surface area contributed by atoms with Crippen LogP contribution in [0.25, 0.3) is 0 Å². The molecule has 2 atom stereocenters. The molecule has 2 aliphatic rings. The van der Waals surface area contributed by atoms with E-state index in [0.29, 0.717) is 23.6 Å². The Morgan fingerprint density at radius 3 is 2.74 bits per heavy atom. The SMILES string of the molecule is CC(C)(C)CC1CCCN1Cc1cnn(C2CCS(=O)(=O)C2)c1. The monoisotopic (exact) mass is 339 g/mol. The molecule has 0 aromatic carbocycles. The minimum atomic E-state index is -2.86. The van der Waals surface area contributed by atoms with E-state index < -0.39 is 9.84 Å². The molecule has 23 heavy (non-hydrogen) atoms. The summed E-state index contributed by atoms with van der Waals surface area (Å²) >= 11 is 0.